The molecule has 27 nitrogen and oxygen atoms in total. The number of rotatable bonds is 23. The van der Waals surface area contributed by atoms with E-state index < -0.39 is 177 Å². The molecule has 112 heavy (non-hydrogen) atoms. The normalized spacial score (nSPS) is 16.9. The summed E-state index contributed by atoms with van der Waals surface area (Å²) in [7, 11) is -24.8. The lowest BCUT2D eigenvalue weighted by Crippen LogP contribution is -2.48. The Bertz CT molecular complexity index is 4790. The quantitative estimate of drug-likeness (QED) is 0.0254. The summed E-state index contributed by atoms with van der Waals surface area (Å²) >= 11 is 48.1. The summed E-state index contributed by atoms with van der Waals surface area (Å²) < 4.78 is 270. The Hall–Kier alpha value is -1.79. The van der Waals surface area contributed by atoms with Gasteiger partial charge in [-0.15, -0.1) is 0 Å². The average molecular weight is 2640 g/mol. The summed E-state index contributed by atoms with van der Waals surface area (Å²) in [6, 6.07) is 15.8. The van der Waals surface area contributed by atoms with E-state index >= 15 is 0 Å². The monoisotopic (exact) mass is 2630 g/mol. The minimum Gasteiger partial charge on any atom is -0.743 e. The molecule has 0 spiro atoms. The van der Waals surface area contributed by atoms with Gasteiger partial charge in [0, 0.05) is 40.6 Å². The van der Waals surface area contributed by atoms with Gasteiger partial charge in [0.1, 0.15) is 0 Å². The van der Waals surface area contributed by atoms with Crippen molar-refractivity contribution in [3.05, 3.63) is 128 Å². The van der Waals surface area contributed by atoms with Crippen LogP contribution in [0.3, 0.4) is 0 Å². The first-order valence-electron chi connectivity index (χ1n) is 28.9. The number of ether oxygens (including phenoxy) is 6. The zero-order valence-corrected chi connectivity index (χ0v) is 80.6. The maximum Gasteiger partial charge on any atom is 0.428 e. The first-order valence-corrected chi connectivity index (χ1v) is 46.4. The molecule has 0 heterocycles. The van der Waals surface area contributed by atoms with Crippen LogP contribution in [0.5, 0.6) is 28.7 Å². The Balaban J connectivity index is 0.000000324. The molecular formula is C58H35Br15F8O27S4-4. The minimum atomic E-state index is -6.37. The van der Waals surface area contributed by atoms with Crippen molar-refractivity contribution >= 4 is 333 Å². The highest BCUT2D eigenvalue weighted by Gasteiger charge is 2.56. The van der Waals surface area contributed by atoms with Crippen LogP contribution in [-0.2, 0) is 88.4 Å². The van der Waals surface area contributed by atoms with Crippen LogP contribution in [0.4, 0.5) is 35.1 Å². The van der Waals surface area contributed by atoms with Crippen LogP contribution in [0.2, 0.25) is 0 Å². The van der Waals surface area contributed by atoms with E-state index in [1.807, 2.05) is 0 Å². The van der Waals surface area contributed by atoms with Crippen molar-refractivity contribution in [3.63, 3.8) is 0 Å². The van der Waals surface area contributed by atoms with Crippen molar-refractivity contribution in [3.8, 4) is 28.7 Å². The van der Waals surface area contributed by atoms with Gasteiger partial charge in [-0.3, -0.25) is 33.6 Å². The largest absolute Gasteiger partial charge is 0.743 e. The van der Waals surface area contributed by atoms with Crippen LogP contribution in [0.1, 0.15) is 57.8 Å². The second-order valence-electron chi connectivity index (χ2n) is 22.1. The molecule has 2 aliphatic carbocycles. The lowest BCUT2D eigenvalue weighted by atomic mass is 9.72. The number of esters is 6. The fourth-order valence-electron chi connectivity index (χ4n) is 9.05. The minimum absolute atomic E-state index is 0.0301. The summed E-state index contributed by atoms with van der Waals surface area (Å²) in [6.45, 7) is -1.32. The smallest absolute Gasteiger partial charge is 0.428 e. The molecule has 0 amide bonds. The van der Waals surface area contributed by atoms with Crippen LogP contribution in [0, 0.1) is 29.6 Å². The molecule has 618 valence electrons. The van der Waals surface area contributed by atoms with Crippen molar-refractivity contribution in [2.24, 2.45) is 29.6 Å². The number of Topliss-reactive ketones (excluding diaryl/α,β-unsaturated/α-hetero) is 3. The van der Waals surface area contributed by atoms with Crippen LogP contribution in [0.25, 0.3) is 0 Å². The Kier molecular flexibility index (Phi) is 38.6. The fraction of sp³-hybridized carbons (Fsp3) is 0.328. The van der Waals surface area contributed by atoms with Crippen molar-refractivity contribution in [2.45, 2.75) is 78.8 Å². The zero-order chi connectivity index (χ0) is 86.0. The summed E-state index contributed by atoms with van der Waals surface area (Å²) in [5, 5.41) is -20.6. The molecule has 5 aromatic rings. The van der Waals surface area contributed by atoms with Crippen molar-refractivity contribution in [1.82, 2.24) is 0 Å². The second-order valence-corrected chi connectivity index (χ2v) is 40.9. The molecule has 0 N–H and O–H groups in total. The summed E-state index contributed by atoms with van der Waals surface area (Å²) in [6.07, 6.45) is -3.30. The molecule has 0 saturated heterocycles. The Morgan fingerprint density at radius 1 is 0.330 bits per heavy atom. The van der Waals surface area contributed by atoms with E-state index in [2.05, 4.69) is 244 Å². The predicted octanol–water partition coefficient (Wildman–Crippen LogP) is 17.8. The lowest BCUT2D eigenvalue weighted by Gasteiger charge is -2.34. The zero-order valence-electron chi connectivity index (χ0n) is 53.6. The van der Waals surface area contributed by atoms with E-state index in [4.69, 9.17) is 23.7 Å². The first-order chi connectivity index (χ1) is 51.0. The molecule has 0 aliphatic heterocycles. The Morgan fingerprint density at radius 3 is 0.920 bits per heavy atom. The topological polar surface area (TPSA) is 438 Å². The standard InChI is InChI=1S/C22H14Br6F2O8S.C15H13Br3F2O6S.C11H7Br3F2O6S.C10H5Br3F2O7S/c23-9-4-13(25)17(14(26)5-9)37-20(32)8-1-2-11(19(31)22(29,30)39(34,35)36)12(3-8)21(33)38-18-15(27)6-10(24)7-16(18)28;16-9-5-10(17)12(11(18)6-9)26-14(22)8-3-1-7(2-4-8)13(21)15(19,20)27(23,24)25;12-5-3-6(13)10(7(14)4-5)22-9(18)2-1-8(17)11(15,16)23(19,20)21;11-4-1-5(12)8(6(13)2-4)22-7(16)3-21-9(17)10(14,15)23(18,19)20/h4-8,11-12H,1-3H2,(H,34,35,36);5-8H,1-4H2,(H,23,24,25);3-4H,1-2H2,(H,19,20,21);1-2H,3H2,(H,18,19,20)/p-4. The number of hydrogen-bond acceptors (Lipinski definition) is 27. The molecule has 5 aromatic carbocycles. The van der Waals surface area contributed by atoms with Crippen LogP contribution < -0.4 is 23.7 Å². The number of carbonyl (C=O) groups excluding carboxylic acids is 9. The van der Waals surface area contributed by atoms with E-state index in [0.29, 0.717) is 53.7 Å². The number of halogens is 23. The summed E-state index contributed by atoms with van der Waals surface area (Å²) in [4.78, 5) is 108. The molecule has 0 aromatic heterocycles. The van der Waals surface area contributed by atoms with E-state index in [1.165, 1.54) is 24.3 Å². The van der Waals surface area contributed by atoms with Crippen molar-refractivity contribution in [1.29, 1.82) is 0 Å². The molecule has 0 bridgehead atoms. The van der Waals surface area contributed by atoms with Crippen LogP contribution >= 0.6 is 239 Å². The van der Waals surface area contributed by atoms with Gasteiger partial charge in [-0.1, -0.05) is 79.6 Å². The number of carbonyl (C=O) groups is 9. The van der Waals surface area contributed by atoms with Gasteiger partial charge in [-0.05, 0) is 265 Å². The summed E-state index contributed by atoms with van der Waals surface area (Å²) in [5.74, 6) is -20.2. The van der Waals surface area contributed by atoms with Gasteiger partial charge in [-0.2, -0.15) is 35.1 Å². The van der Waals surface area contributed by atoms with Crippen molar-refractivity contribution < 1.29 is 159 Å². The summed E-state index contributed by atoms with van der Waals surface area (Å²) in [5.41, 5.74) is 0. The molecule has 0 radical (unpaired) electrons. The fourth-order valence-corrected chi connectivity index (χ4v) is 22.6. The number of hydrogen-bond donors (Lipinski definition) is 0. The molecular weight excluding hydrogens is 2610 g/mol. The van der Waals surface area contributed by atoms with Gasteiger partial charge in [-0.25, -0.2) is 43.3 Å². The van der Waals surface area contributed by atoms with Gasteiger partial charge in [0.15, 0.2) is 75.8 Å². The molecule has 2 saturated carbocycles. The number of benzene rings is 5. The molecule has 2 fully saturated rings. The van der Waals surface area contributed by atoms with E-state index in [-0.39, 0.29) is 69.8 Å². The van der Waals surface area contributed by atoms with Crippen molar-refractivity contribution in [2.75, 3.05) is 6.61 Å². The highest BCUT2D eigenvalue weighted by Crippen LogP contribution is 2.47. The molecule has 3 atom stereocenters. The second kappa shape index (κ2) is 42.1. The SMILES string of the molecule is O=C(CCC(=O)C(F)(F)S(=O)(=O)[O-])Oc1c(Br)cc(Br)cc1Br.O=C(COC(=O)C(F)(F)S(=O)(=O)[O-])Oc1c(Br)cc(Br)cc1Br.O=C(Oc1c(Br)cc(Br)cc1Br)C1CCC(C(=O)C(F)(F)S(=O)(=O)[O-])C(C(=O)Oc2c(Br)cc(Br)cc2Br)C1.O=C(Oc1c(Br)cc(Br)cc1Br)C1CCC(C(=O)C(F)(F)S(=O)(=O)[O-])CC1. The van der Waals surface area contributed by atoms with Gasteiger partial charge in [0.25, 0.3) is 0 Å². The average Bonchev–Trinajstić information content (AvgIpc) is 0.771. The third-order valence-corrected chi connectivity index (χ3v) is 25.9. The Labute approximate surface area is 753 Å². The first kappa shape index (κ1) is 103. The third-order valence-electron chi connectivity index (χ3n) is 14.4. The van der Waals surface area contributed by atoms with E-state index in [9.17, 15) is 130 Å². The Morgan fingerprint density at radius 2 is 0.598 bits per heavy atom. The molecule has 2 aliphatic rings. The van der Waals surface area contributed by atoms with E-state index in [1.54, 1.807) is 36.4 Å². The highest BCUT2D eigenvalue weighted by atomic mass is 79.9. The maximum absolute atomic E-state index is 14.3. The van der Waals surface area contributed by atoms with Crippen LogP contribution in [0.15, 0.2) is 128 Å². The molecule has 7 rings (SSSR count). The van der Waals surface area contributed by atoms with E-state index in [0.717, 1.165) is 4.47 Å². The third kappa shape index (κ3) is 27.9. The van der Waals surface area contributed by atoms with Crippen LogP contribution in [-0.4, -0.2) is 133 Å². The van der Waals surface area contributed by atoms with Gasteiger partial charge >= 0.3 is 56.8 Å². The highest BCUT2D eigenvalue weighted by molar-refractivity contribution is 9.13. The maximum atomic E-state index is 14.3. The van der Waals surface area contributed by atoms with Gasteiger partial charge < -0.3 is 46.6 Å². The number of alkyl halides is 8. The van der Waals surface area contributed by atoms with Gasteiger partial charge in [0.05, 0.1) is 68.9 Å². The lowest BCUT2D eigenvalue weighted by molar-refractivity contribution is -0.166. The predicted molar refractivity (Wildman–Crippen MR) is 419 cm³/mol. The number of ketones is 3. The van der Waals surface area contributed by atoms with Gasteiger partial charge in [0.2, 0.25) is 17.3 Å². The molecule has 54 heteroatoms. The molecule has 3 unspecified atom stereocenters.